The van der Waals surface area contributed by atoms with Crippen molar-refractivity contribution in [1.82, 2.24) is 0 Å². The minimum atomic E-state index is -0.250. The largest absolute Gasteiger partial charge is 0.483 e. The number of halogens is 1. The Kier molecular flexibility index (Phi) is 5.25. The van der Waals surface area contributed by atoms with Gasteiger partial charge < -0.3 is 5.11 Å². The topological polar surface area (TPSA) is 37.3 Å². The summed E-state index contributed by atoms with van der Waals surface area (Å²) >= 11 is 5.13. The molecule has 10 heavy (non-hydrogen) atoms. The fourth-order valence-corrected chi connectivity index (χ4v) is 1.55. The van der Waals surface area contributed by atoms with Gasteiger partial charge in [0, 0.05) is 9.35 Å². The van der Waals surface area contributed by atoms with Gasteiger partial charge in [0.25, 0.3) is 6.47 Å². The molecule has 0 aromatic carbocycles. The van der Waals surface area contributed by atoms with Gasteiger partial charge in [-0.15, -0.1) is 11.3 Å². The molecule has 0 unspecified atom stereocenters. The third kappa shape index (κ3) is 3.63. The number of hydrogen-bond donors (Lipinski definition) is 1. The van der Waals surface area contributed by atoms with E-state index in [9.17, 15) is 0 Å². The lowest BCUT2D eigenvalue weighted by Gasteiger charge is -1.77. The molecule has 0 saturated heterocycles. The van der Waals surface area contributed by atoms with Crippen molar-refractivity contribution < 1.29 is 9.90 Å². The van der Waals surface area contributed by atoms with Gasteiger partial charge in [-0.2, -0.15) is 0 Å². The quantitative estimate of drug-likeness (QED) is 0.686. The number of thiophene rings is 1. The van der Waals surface area contributed by atoms with Crippen molar-refractivity contribution in [3.63, 3.8) is 0 Å². The molecule has 0 aliphatic rings. The molecule has 1 N–H and O–H groups in total. The molecule has 0 aliphatic heterocycles. The van der Waals surface area contributed by atoms with E-state index < -0.39 is 0 Å². The first-order valence-electron chi connectivity index (χ1n) is 2.49. The Hall–Kier alpha value is -0.350. The van der Waals surface area contributed by atoms with Crippen molar-refractivity contribution in [2.75, 3.05) is 0 Å². The van der Waals surface area contributed by atoms with E-state index in [0.29, 0.717) is 0 Å². The highest BCUT2D eigenvalue weighted by Crippen LogP contribution is 2.20. The van der Waals surface area contributed by atoms with E-state index in [1.165, 1.54) is 9.35 Å². The number of rotatable bonds is 0. The molecule has 2 nitrogen and oxygen atoms in total. The molecule has 0 saturated carbocycles. The molecule has 0 bridgehead atoms. The lowest BCUT2D eigenvalue weighted by atomic mass is 10.5. The summed E-state index contributed by atoms with van der Waals surface area (Å²) in [6.45, 7) is 1.84. The Morgan fingerprint density at radius 1 is 1.80 bits per heavy atom. The number of aryl methyl sites for hydroxylation is 1. The average Bonchev–Trinajstić information content (AvgIpc) is 2.19. The number of carboxylic acid groups (broad SMARTS) is 1. The fourth-order valence-electron chi connectivity index (χ4n) is 0.369. The number of carbonyl (C=O) groups is 1. The summed E-state index contributed by atoms with van der Waals surface area (Å²) in [4.78, 5) is 9.71. The zero-order chi connectivity index (χ0) is 7.98. The molecular formula is C6H7BrO2S. The zero-order valence-electron chi connectivity index (χ0n) is 5.37. The van der Waals surface area contributed by atoms with Crippen molar-refractivity contribution in [1.29, 1.82) is 0 Å². The average molecular weight is 223 g/mol. The summed E-state index contributed by atoms with van der Waals surface area (Å²) < 4.78 is 1.22. The Morgan fingerprint density at radius 3 is 2.40 bits per heavy atom. The molecule has 56 valence electrons. The molecule has 4 heteroatoms. The molecule has 0 spiro atoms. The molecule has 0 amide bonds. The van der Waals surface area contributed by atoms with Crippen LogP contribution in [0.3, 0.4) is 0 Å². The van der Waals surface area contributed by atoms with Gasteiger partial charge in [-0.1, -0.05) is 0 Å². The summed E-state index contributed by atoms with van der Waals surface area (Å²) in [7, 11) is 0. The van der Waals surface area contributed by atoms with Crippen LogP contribution in [0.4, 0.5) is 0 Å². The minimum absolute atomic E-state index is 0.250. The highest BCUT2D eigenvalue weighted by molar-refractivity contribution is 9.10. The van der Waals surface area contributed by atoms with Crippen LogP contribution >= 0.6 is 27.3 Å². The van der Waals surface area contributed by atoms with Gasteiger partial charge in [-0.25, -0.2) is 0 Å². The lowest BCUT2D eigenvalue weighted by Crippen LogP contribution is -1.53. The van der Waals surface area contributed by atoms with Gasteiger partial charge >= 0.3 is 0 Å². The van der Waals surface area contributed by atoms with Crippen LogP contribution in [0, 0.1) is 6.92 Å². The van der Waals surface area contributed by atoms with E-state index in [1.807, 2.05) is 0 Å². The van der Waals surface area contributed by atoms with Gasteiger partial charge in [0.05, 0.1) is 0 Å². The molecule has 0 fully saturated rings. The maximum Gasteiger partial charge on any atom is 0.290 e. The third-order valence-electron chi connectivity index (χ3n) is 0.796. The number of hydrogen-bond acceptors (Lipinski definition) is 2. The van der Waals surface area contributed by atoms with Crippen LogP contribution in [0.2, 0.25) is 0 Å². The standard InChI is InChI=1S/C5H5BrS.CH2O2/c1-4-5(6)2-3-7-4;2-1-3/h2-3H,1H3;1H,(H,2,3). The van der Waals surface area contributed by atoms with Crippen molar-refractivity contribution in [3.05, 3.63) is 20.8 Å². The van der Waals surface area contributed by atoms with Crippen molar-refractivity contribution >= 4 is 33.7 Å². The van der Waals surface area contributed by atoms with E-state index in [0.717, 1.165) is 0 Å². The fraction of sp³-hybridized carbons (Fsp3) is 0.167. The van der Waals surface area contributed by atoms with Crippen molar-refractivity contribution in [3.8, 4) is 0 Å². The summed E-state index contributed by atoms with van der Waals surface area (Å²) in [5, 5.41) is 8.96. The first kappa shape index (κ1) is 9.65. The van der Waals surface area contributed by atoms with Gasteiger partial charge in [-0.05, 0) is 34.3 Å². The van der Waals surface area contributed by atoms with Gasteiger partial charge in [-0.3, -0.25) is 4.79 Å². The molecule has 1 rings (SSSR count). The first-order chi connectivity index (χ1) is 4.72. The van der Waals surface area contributed by atoms with E-state index in [4.69, 9.17) is 9.90 Å². The van der Waals surface area contributed by atoms with E-state index >= 15 is 0 Å². The Balaban J connectivity index is 0.000000236. The van der Waals surface area contributed by atoms with Crippen LogP contribution in [0.25, 0.3) is 0 Å². The van der Waals surface area contributed by atoms with Crippen LogP contribution in [0.5, 0.6) is 0 Å². The summed E-state index contributed by atoms with van der Waals surface area (Å²) in [6, 6.07) is 2.06. The minimum Gasteiger partial charge on any atom is -0.483 e. The van der Waals surface area contributed by atoms with Gasteiger partial charge in [0.1, 0.15) is 0 Å². The highest BCUT2D eigenvalue weighted by Gasteiger charge is 1.89. The summed E-state index contributed by atoms with van der Waals surface area (Å²) in [5.41, 5.74) is 0. The first-order valence-corrected chi connectivity index (χ1v) is 4.17. The SMILES string of the molecule is Cc1sccc1Br.O=CO. The van der Waals surface area contributed by atoms with Gasteiger partial charge in [0.2, 0.25) is 0 Å². The van der Waals surface area contributed by atoms with Crippen LogP contribution in [0.15, 0.2) is 15.9 Å². The summed E-state index contributed by atoms with van der Waals surface area (Å²) in [6.07, 6.45) is 0. The Bertz CT molecular complexity index is 181. The van der Waals surface area contributed by atoms with Crippen LogP contribution in [-0.2, 0) is 4.79 Å². The normalized spacial score (nSPS) is 7.80. The Morgan fingerprint density at radius 2 is 2.30 bits per heavy atom. The highest BCUT2D eigenvalue weighted by atomic mass is 79.9. The van der Waals surface area contributed by atoms with Crippen LogP contribution in [-0.4, -0.2) is 11.6 Å². The van der Waals surface area contributed by atoms with Crippen LogP contribution in [0.1, 0.15) is 4.88 Å². The monoisotopic (exact) mass is 222 g/mol. The molecule has 0 atom stereocenters. The van der Waals surface area contributed by atoms with Crippen molar-refractivity contribution in [2.45, 2.75) is 6.92 Å². The second kappa shape index (κ2) is 5.44. The lowest BCUT2D eigenvalue weighted by molar-refractivity contribution is -0.122. The predicted molar refractivity (Wildman–Crippen MR) is 45.4 cm³/mol. The molecule has 0 aliphatic carbocycles. The van der Waals surface area contributed by atoms with Crippen LogP contribution < -0.4 is 0 Å². The molecule has 1 aromatic rings. The maximum absolute atomic E-state index is 8.36. The van der Waals surface area contributed by atoms with Gasteiger partial charge in [0.15, 0.2) is 0 Å². The molecule has 1 heterocycles. The smallest absolute Gasteiger partial charge is 0.290 e. The summed E-state index contributed by atoms with van der Waals surface area (Å²) in [5.74, 6) is 0. The molecular weight excluding hydrogens is 216 g/mol. The predicted octanol–water partition coefficient (Wildman–Crippen LogP) is 2.52. The second-order valence-corrected chi connectivity index (χ2v) is 3.40. The van der Waals surface area contributed by atoms with Crippen molar-refractivity contribution in [2.24, 2.45) is 0 Å². The van der Waals surface area contributed by atoms with E-state index in [-0.39, 0.29) is 6.47 Å². The molecule has 0 radical (unpaired) electrons. The second-order valence-electron chi connectivity index (χ2n) is 1.43. The third-order valence-corrected chi connectivity index (χ3v) is 2.76. The Labute approximate surface area is 71.6 Å². The molecule has 1 aromatic heterocycles. The zero-order valence-corrected chi connectivity index (χ0v) is 7.78. The van der Waals surface area contributed by atoms with E-state index in [2.05, 4.69) is 34.3 Å². The van der Waals surface area contributed by atoms with E-state index in [1.54, 1.807) is 11.3 Å². The maximum atomic E-state index is 8.36.